The molecule has 0 atom stereocenters. The molecule has 11 heavy (non-hydrogen) atoms. The number of aromatic nitrogens is 2. The van der Waals surface area contributed by atoms with Crippen molar-refractivity contribution in [1.29, 1.82) is 0 Å². The van der Waals surface area contributed by atoms with Crippen LogP contribution in [0.2, 0.25) is 0 Å². The van der Waals surface area contributed by atoms with Gasteiger partial charge in [0.05, 0.1) is 0 Å². The van der Waals surface area contributed by atoms with Gasteiger partial charge in [-0.05, 0) is 18.9 Å². The van der Waals surface area contributed by atoms with Gasteiger partial charge >= 0.3 is 16.5 Å². The molecule has 4 heteroatoms. The van der Waals surface area contributed by atoms with Gasteiger partial charge in [0.25, 0.3) is 0 Å². The highest BCUT2D eigenvalue weighted by molar-refractivity contribution is 6.05. The van der Waals surface area contributed by atoms with Gasteiger partial charge in [0.1, 0.15) is 0 Å². The van der Waals surface area contributed by atoms with Crippen molar-refractivity contribution < 1.29 is 0 Å². The number of hydrogen-bond donors (Lipinski definition) is 0. The van der Waals surface area contributed by atoms with Crippen LogP contribution in [0.3, 0.4) is 0 Å². The molecular formula is C7H11AlN2O. The largest absolute Gasteiger partial charge is 0.404 e. The van der Waals surface area contributed by atoms with E-state index in [1.54, 1.807) is 6.20 Å². The van der Waals surface area contributed by atoms with E-state index in [0.29, 0.717) is 16.5 Å². The van der Waals surface area contributed by atoms with Gasteiger partial charge in [0.15, 0.2) is 0 Å². The molecule has 0 aliphatic rings. The zero-order chi connectivity index (χ0) is 8.43. The topological polar surface area (TPSA) is 34.9 Å². The molecule has 0 unspecified atom stereocenters. The zero-order valence-corrected chi connectivity index (χ0v) is 9.09. The molecule has 0 bridgehead atoms. The highest BCUT2D eigenvalue weighted by Crippen LogP contribution is 1.99. The molecule has 0 aliphatic heterocycles. The molecule has 3 nitrogen and oxygen atoms in total. The minimum Gasteiger partial charge on any atom is -0.337 e. The van der Waals surface area contributed by atoms with Crippen molar-refractivity contribution in [1.82, 2.24) is 8.76 Å². The van der Waals surface area contributed by atoms with E-state index in [2.05, 4.69) is 5.10 Å². The lowest BCUT2D eigenvalue weighted by Crippen LogP contribution is -2.24. The van der Waals surface area contributed by atoms with Crippen molar-refractivity contribution >= 4 is 16.5 Å². The average Bonchev–Trinajstić information content (AvgIpc) is 2.01. The number of nitrogens with zero attached hydrogens (tertiary/aromatic N) is 2. The summed E-state index contributed by atoms with van der Waals surface area (Å²) in [6, 6.07) is 0. The smallest absolute Gasteiger partial charge is 0.337 e. The van der Waals surface area contributed by atoms with Crippen molar-refractivity contribution in [2.45, 2.75) is 20.3 Å². The van der Waals surface area contributed by atoms with Crippen LogP contribution in [0.5, 0.6) is 0 Å². The monoisotopic (exact) mass is 166 g/mol. The second-order valence-electron chi connectivity index (χ2n) is 2.58. The van der Waals surface area contributed by atoms with Gasteiger partial charge in [-0.1, -0.05) is 6.92 Å². The Hall–Kier alpha value is -0.588. The third kappa shape index (κ3) is 1.53. The third-order valence-corrected chi connectivity index (χ3v) is 2.50. The lowest BCUT2D eigenvalue weighted by molar-refractivity contribution is 0.859. The first-order valence-corrected chi connectivity index (χ1v) is 4.58. The molecule has 0 radical (unpaired) electrons. The molecule has 1 aromatic rings. The average molecular weight is 166 g/mol. The third-order valence-electron chi connectivity index (χ3n) is 1.86. The fourth-order valence-corrected chi connectivity index (χ4v) is 1.49. The van der Waals surface area contributed by atoms with E-state index in [1.807, 2.05) is 13.8 Å². The summed E-state index contributed by atoms with van der Waals surface area (Å²) >= 11 is 0.668. The first-order valence-electron chi connectivity index (χ1n) is 3.68. The summed E-state index contributed by atoms with van der Waals surface area (Å²) in [5.74, 6) is 0. The maximum atomic E-state index is 11.3. The summed E-state index contributed by atoms with van der Waals surface area (Å²) in [5.41, 5.74) is 1.97. The first kappa shape index (κ1) is 8.51. The van der Waals surface area contributed by atoms with Crippen LogP contribution in [0.4, 0.5) is 0 Å². The van der Waals surface area contributed by atoms with Crippen LogP contribution in [0, 0.1) is 6.92 Å². The van der Waals surface area contributed by atoms with Gasteiger partial charge in [0.2, 0.25) is 5.56 Å². The Morgan fingerprint density at radius 3 is 2.91 bits per heavy atom. The van der Waals surface area contributed by atoms with Gasteiger partial charge in [-0.15, -0.1) is 0 Å². The Morgan fingerprint density at radius 2 is 2.36 bits per heavy atom. The summed E-state index contributed by atoms with van der Waals surface area (Å²) in [7, 11) is 0. The number of rotatable bonds is 1. The molecule has 0 N–H and O–H groups in total. The van der Waals surface area contributed by atoms with Crippen LogP contribution in [0.25, 0.3) is 0 Å². The van der Waals surface area contributed by atoms with Crippen molar-refractivity contribution in [3.63, 3.8) is 0 Å². The highest BCUT2D eigenvalue weighted by atomic mass is 27.1. The van der Waals surface area contributed by atoms with E-state index < -0.39 is 0 Å². The van der Waals surface area contributed by atoms with Crippen LogP contribution in [-0.4, -0.2) is 25.3 Å². The van der Waals surface area contributed by atoms with Crippen LogP contribution < -0.4 is 5.56 Å². The second-order valence-corrected chi connectivity index (χ2v) is 3.42. The fourth-order valence-electron chi connectivity index (χ4n) is 1.04. The summed E-state index contributed by atoms with van der Waals surface area (Å²) in [6.07, 6.45) is 2.67. The maximum Gasteiger partial charge on any atom is 0.404 e. The Morgan fingerprint density at radius 1 is 1.73 bits per heavy atom. The molecule has 1 rings (SSSR count). The molecule has 0 saturated heterocycles. The van der Waals surface area contributed by atoms with Crippen molar-refractivity contribution in [2.24, 2.45) is 0 Å². The number of hydrogen-bond acceptors (Lipinski definition) is 2. The summed E-state index contributed by atoms with van der Waals surface area (Å²) in [4.78, 5) is 11.3. The molecule has 1 heterocycles. The molecule has 0 saturated carbocycles. The standard InChI is InChI=1S/C7H10N2O.Al.2H/c1-3-6-4-8-9-7(10)5(6)2;;;/h4H,3H2,1-2H3,(H,9,10);;;/q;+1;;/p-1. The van der Waals surface area contributed by atoms with Gasteiger partial charge in [-0.2, -0.15) is 0 Å². The Labute approximate surface area is 73.7 Å². The van der Waals surface area contributed by atoms with E-state index in [9.17, 15) is 4.79 Å². The fraction of sp³-hybridized carbons (Fsp3) is 0.429. The van der Waals surface area contributed by atoms with Crippen LogP contribution >= 0.6 is 0 Å². The van der Waals surface area contributed by atoms with Crippen LogP contribution in [0.1, 0.15) is 18.1 Å². The Balaban J connectivity index is 3.37. The van der Waals surface area contributed by atoms with Crippen LogP contribution in [0.15, 0.2) is 11.0 Å². The quantitative estimate of drug-likeness (QED) is 0.528. The molecular weight excluding hydrogens is 155 g/mol. The lowest BCUT2D eigenvalue weighted by atomic mass is 10.1. The number of aryl methyl sites for hydroxylation is 1. The second kappa shape index (κ2) is 3.21. The SMILES string of the molecule is CCc1cn[n]([AlH2])c(=O)c1C. The molecule has 0 amide bonds. The molecule has 1 aromatic heterocycles. The van der Waals surface area contributed by atoms with Crippen molar-refractivity contribution in [2.75, 3.05) is 0 Å². The van der Waals surface area contributed by atoms with Gasteiger partial charge in [-0.25, -0.2) is 5.10 Å². The van der Waals surface area contributed by atoms with E-state index in [-0.39, 0.29) is 5.56 Å². The van der Waals surface area contributed by atoms with Crippen LogP contribution in [-0.2, 0) is 6.42 Å². The first-order chi connectivity index (χ1) is 5.16. The summed E-state index contributed by atoms with van der Waals surface area (Å²) in [5, 5.41) is 3.98. The van der Waals surface area contributed by atoms with Crippen molar-refractivity contribution in [3.8, 4) is 0 Å². The Bertz CT molecular complexity index is 319. The van der Waals surface area contributed by atoms with Gasteiger partial charge in [0, 0.05) is 11.8 Å². The van der Waals surface area contributed by atoms with E-state index in [0.717, 1.165) is 17.5 Å². The minimum absolute atomic E-state index is 0.0658. The predicted molar refractivity (Wildman–Crippen MR) is 46.6 cm³/mol. The van der Waals surface area contributed by atoms with E-state index in [1.165, 1.54) is 3.67 Å². The van der Waals surface area contributed by atoms with Gasteiger partial charge < -0.3 is 3.67 Å². The minimum atomic E-state index is 0.0658. The predicted octanol–water partition coefficient (Wildman–Crippen LogP) is -0.490. The molecule has 58 valence electrons. The van der Waals surface area contributed by atoms with E-state index in [4.69, 9.17) is 0 Å². The Kier molecular flexibility index (Phi) is 2.48. The molecule has 0 fully saturated rings. The molecule has 0 aliphatic carbocycles. The highest BCUT2D eigenvalue weighted by Gasteiger charge is 2.00. The summed E-state index contributed by atoms with van der Waals surface area (Å²) in [6.45, 7) is 3.89. The van der Waals surface area contributed by atoms with E-state index >= 15 is 0 Å². The normalized spacial score (nSPS) is 10.0. The summed E-state index contributed by atoms with van der Waals surface area (Å²) < 4.78 is 1.49. The molecule has 0 spiro atoms. The zero-order valence-electron chi connectivity index (χ0n) is 7.09. The van der Waals surface area contributed by atoms with Crippen molar-refractivity contribution in [3.05, 3.63) is 27.7 Å². The maximum absolute atomic E-state index is 11.3. The molecule has 0 aromatic carbocycles. The van der Waals surface area contributed by atoms with Gasteiger partial charge in [-0.3, -0.25) is 4.79 Å². The lowest BCUT2D eigenvalue weighted by Gasteiger charge is -2.03.